The fraction of sp³-hybridized carbons (Fsp3) is 0.0714. The number of para-hydroxylation sites is 1. The van der Waals surface area contributed by atoms with Gasteiger partial charge in [0.2, 0.25) is 0 Å². The highest BCUT2D eigenvalue weighted by atomic mass is 79.9. The van der Waals surface area contributed by atoms with Crippen LogP contribution in [0.4, 0.5) is 5.69 Å². The van der Waals surface area contributed by atoms with Crippen molar-refractivity contribution in [2.45, 2.75) is 0 Å². The van der Waals surface area contributed by atoms with E-state index in [1.54, 1.807) is 0 Å². The molecule has 0 atom stereocenters. The van der Waals surface area contributed by atoms with E-state index in [-0.39, 0.29) is 0 Å². The first-order valence-electron chi connectivity index (χ1n) is 5.43. The molecule has 0 aliphatic carbocycles. The summed E-state index contributed by atoms with van der Waals surface area (Å²) in [5, 5.41) is 3.37. The third-order valence-electron chi connectivity index (χ3n) is 2.45. The molecule has 0 unspecified atom stereocenters. The number of rotatable bonds is 2. The maximum absolute atomic E-state index is 3.52. The zero-order valence-corrected chi connectivity index (χ0v) is 11.2. The monoisotopic (exact) mass is 289 g/mol. The van der Waals surface area contributed by atoms with Gasteiger partial charge in [-0.25, -0.2) is 5.32 Å². The lowest BCUT2D eigenvalue weighted by Crippen LogP contribution is -2.70. The predicted octanol–water partition coefficient (Wildman–Crippen LogP) is 2.02. The van der Waals surface area contributed by atoms with Crippen LogP contribution in [0.15, 0.2) is 59.1 Å². The minimum Gasteiger partial charge on any atom is -0.277 e. The van der Waals surface area contributed by atoms with Gasteiger partial charge in [-0.3, -0.25) is 4.99 Å². The van der Waals surface area contributed by atoms with Crippen LogP contribution in [0.1, 0.15) is 5.56 Å². The Bertz CT molecular complexity index is 521. The van der Waals surface area contributed by atoms with Crippen molar-refractivity contribution < 1.29 is 4.99 Å². The fourth-order valence-electron chi connectivity index (χ4n) is 1.58. The third kappa shape index (κ3) is 2.94. The Morgan fingerprint density at radius 3 is 2.29 bits per heavy atom. The average Bonchev–Trinajstić information content (AvgIpc) is 2.39. The third-order valence-corrected chi connectivity index (χ3v) is 3.14. The van der Waals surface area contributed by atoms with Crippen molar-refractivity contribution in [2.75, 3.05) is 12.4 Å². The molecule has 0 radical (unpaired) electrons. The van der Waals surface area contributed by atoms with Gasteiger partial charge in [0.15, 0.2) is 0 Å². The first-order valence-corrected chi connectivity index (χ1v) is 6.22. The normalized spacial score (nSPS) is 11.3. The number of hydrogen-bond acceptors (Lipinski definition) is 0. The van der Waals surface area contributed by atoms with E-state index in [4.69, 9.17) is 0 Å². The van der Waals surface area contributed by atoms with Crippen LogP contribution in [-0.2, 0) is 0 Å². The number of anilines is 1. The van der Waals surface area contributed by atoms with E-state index in [1.165, 1.54) is 0 Å². The van der Waals surface area contributed by atoms with Crippen molar-refractivity contribution in [1.29, 1.82) is 0 Å². The minimum atomic E-state index is 0.984. The van der Waals surface area contributed by atoms with E-state index in [1.807, 2.05) is 49.5 Å². The Balaban J connectivity index is 2.26. The lowest BCUT2D eigenvalue weighted by atomic mass is 10.2. The van der Waals surface area contributed by atoms with Crippen molar-refractivity contribution >= 4 is 27.5 Å². The van der Waals surface area contributed by atoms with Gasteiger partial charge in [0.05, 0.1) is 17.1 Å². The van der Waals surface area contributed by atoms with Gasteiger partial charge in [0, 0.05) is 0 Å². The van der Waals surface area contributed by atoms with Gasteiger partial charge in [-0.1, -0.05) is 30.3 Å². The van der Waals surface area contributed by atoms with Crippen LogP contribution in [-0.4, -0.2) is 12.9 Å². The van der Waals surface area contributed by atoms with Crippen molar-refractivity contribution in [3.63, 3.8) is 0 Å². The first-order chi connectivity index (χ1) is 8.31. The summed E-state index contributed by atoms with van der Waals surface area (Å²) >= 11 is 3.52. The molecule has 0 spiro atoms. The fourth-order valence-corrected chi connectivity index (χ4v) is 1.96. The summed E-state index contributed by atoms with van der Waals surface area (Å²) < 4.78 is 1.05. The van der Waals surface area contributed by atoms with Crippen molar-refractivity contribution in [3.8, 4) is 0 Å². The lowest BCUT2D eigenvalue weighted by molar-refractivity contribution is -0.419. The molecule has 0 aliphatic heterocycles. The number of benzene rings is 2. The molecule has 2 nitrogen and oxygen atoms in total. The molecule has 2 rings (SSSR count). The molecule has 2 aromatic rings. The van der Waals surface area contributed by atoms with Crippen molar-refractivity contribution in [1.82, 2.24) is 0 Å². The molecule has 0 saturated heterocycles. The Morgan fingerprint density at radius 2 is 1.65 bits per heavy atom. The summed E-state index contributed by atoms with van der Waals surface area (Å²) in [6.07, 6.45) is 0. The number of halogens is 1. The quantitative estimate of drug-likeness (QED) is 0.642. The zero-order chi connectivity index (χ0) is 12.1. The van der Waals surface area contributed by atoms with Crippen LogP contribution in [0.3, 0.4) is 0 Å². The topological polar surface area (TPSA) is 26.0 Å². The molecule has 0 bridgehead atoms. The first kappa shape index (κ1) is 11.9. The number of amidine groups is 1. The zero-order valence-electron chi connectivity index (χ0n) is 9.57. The van der Waals surface area contributed by atoms with Gasteiger partial charge >= 0.3 is 0 Å². The molecule has 17 heavy (non-hydrogen) atoms. The largest absolute Gasteiger partial charge is 0.279 e. The van der Waals surface area contributed by atoms with Gasteiger partial charge in [-0.2, -0.15) is 0 Å². The van der Waals surface area contributed by atoms with Gasteiger partial charge in [-0.15, -0.1) is 0 Å². The van der Waals surface area contributed by atoms with Crippen molar-refractivity contribution in [2.24, 2.45) is 0 Å². The second-order valence-electron chi connectivity index (χ2n) is 3.60. The SMILES string of the molecule is C[NH+]=C(Nc1ccccc1Br)c1ccccc1. The number of nitrogens with one attached hydrogen (secondary N) is 2. The van der Waals surface area contributed by atoms with E-state index in [9.17, 15) is 0 Å². The average molecular weight is 290 g/mol. The summed E-state index contributed by atoms with van der Waals surface area (Å²) in [6, 6.07) is 18.2. The van der Waals surface area contributed by atoms with E-state index >= 15 is 0 Å². The molecular weight excluding hydrogens is 276 g/mol. The van der Waals surface area contributed by atoms with Gasteiger partial charge < -0.3 is 0 Å². The Kier molecular flexibility index (Phi) is 3.94. The molecule has 0 fully saturated rings. The maximum Gasteiger partial charge on any atom is 0.279 e. The predicted molar refractivity (Wildman–Crippen MR) is 75.2 cm³/mol. The molecule has 2 N–H and O–H groups in total. The molecule has 86 valence electrons. The van der Waals surface area contributed by atoms with E-state index < -0.39 is 0 Å². The van der Waals surface area contributed by atoms with Crippen LogP contribution in [0.25, 0.3) is 0 Å². The molecular formula is C14H14BrN2+. The van der Waals surface area contributed by atoms with Gasteiger partial charge in [-0.05, 0) is 40.2 Å². The Labute approximate surface area is 110 Å². The molecule has 2 aromatic carbocycles. The van der Waals surface area contributed by atoms with Crippen LogP contribution >= 0.6 is 15.9 Å². The summed E-state index contributed by atoms with van der Waals surface area (Å²) in [5.41, 5.74) is 2.17. The molecule has 0 amide bonds. The van der Waals surface area contributed by atoms with Gasteiger partial charge in [0.25, 0.3) is 5.84 Å². The minimum absolute atomic E-state index is 0.984. The second-order valence-corrected chi connectivity index (χ2v) is 4.45. The van der Waals surface area contributed by atoms with E-state index in [0.29, 0.717) is 0 Å². The van der Waals surface area contributed by atoms with E-state index in [0.717, 1.165) is 21.6 Å². The standard InChI is InChI=1S/C14H13BrN2/c1-16-14(11-7-3-2-4-8-11)17-13-10-6-5-9-12(13)15/h2-10H,1H3,(H,16,17)/p+1. The Hall–Kier alpha value is -1.61. The summed E-state index contributed by atoms with van der Waals surface area (Å²) in [6.45, 7) is 0. The molecule has 0 heterocycles. The van der Waals surface area contributed by atoms with Crippen LogP contribution < -0.4 is 10.3 Å². The maximum atomic E-state index is 3.52. The van der Waals surface area contributed by atoms with Gasteiger partial charge in [0.1, 0.15) is 5.69 Å². The van der Waals surface area contributed by atoms with Crippen molar-refractivity contribution in [3.05, 3.63) is 64.6 Å². The number of hydrogen-bond donors (Lipinski definition) is 2. The summed E-state index contributed by atoms with van der Waals surface area (Å²) in [7, 11) is 1.91. The highest BCUT2D eigenvalue weighted by Gasteiger charge is 2.11. The molecule has 0 aromatic heterocycles. The summed E-state index contributed by atoms with van der Waals surface area (Å²) in [4.78, 5) is 3.18. The summed E-state index contributed by atoms with van der Waals surface area (Å²) in [5.74, 6) is 0.984. The highest BCUT2D eigenvalue weighted by molar-refractivity contribution is 9.10. The molecule has 0 aliphatic rings. The smallest absolute Gasteiger partial charge is 0.277 e. The lowest BCUT2D eigenvalue weighted by Gasteiger charge is -2.04. The van der Waals surface area contributed by atoms with Crippen LogP contribution in [0, 0.1) is 0 Å². The molecule has 0 saturated carbocycles. The highest BCUT2D eigenvalue weighted by Crippen LogP contribution is 2.21. The van der Waals surface area contributed by atoms with Crippen LogP contribution in [0.2, 0.25) is 0 Å². The van der Waals surface area contributed by atoms with E-state index in [2.05, 4.69) is 38.4 Å². The Morgan fingerprint density at radius 1 is 1.00 bits per heavy atom. The second kappa shape index (κ2) is 5.64. The molecule has 3 heteroatoms. The van der Waals surface area contributed by atoms with Crippen LogP contribution in [0.5, 0.6) is 0 Å².